The number of hydrogen-bond acceptors (Lipinski definition) is 1. The van der Waals surface area contributed by atoms with Gasteiger partial charge in [-0.1, -0.05) is 39.0 Å². The van der Waals surface area contributed by atoms with Crippen LogP contribution < -0.4 is 5.32 Å². The summed E-state index contributed by atoms with van der Waals surface area (Å²) in [6.07, 6.45) is 0. The number of carbonyl (C=O) groups is 1. The van der Waals surface area contributed by atoms with Crippen LogP contribution in [0.15, 0.2) is 24.3 Å². The molecule has 1 aromatic rings. The van der Waals surface area contributed by atoms with Crippen molar-refractivity contribution in [1.29, 1.82) is 0 Å². The third kappa shape index (κ3) is 3.60. The second kappa shape index (κ2) is 4.27. The van der Waals surface area contributed by atoms with Crippen LogP contribution in [0.3, 0.4) is 0 Å². The molecule has 75 valence electrons. The van der Waals surface area contributed by atoms with Crippen LogP contribution in [-0.4, -0.2) is 12.5 Å². The van der Waals surface area contributed by atoms with Crippen LogP contribution in [0.4, 0.5) is 0 Å². The second-order valence-corrected chi connectivity index (χ2v) is 4.52. The zero-order valence-electron chi connectivity index (χ0n) is 8.92. The Labute approximate surface area is 85.3 Å². The molecular formula is C12H16NO. The number of nitrogens with one attached hydrogen (secondary N) is 1. The Bertz CT molecular complexity index is 298. The minimum atomic E-state index is -0.0551. The molecule has 14 heavy (non-hydrogen) atoms. The molecule has 0 saturated carbocycles. The van der Waals surface area contributed by atoms with Gasteiger partial charge in [-0.25, -0.2) is 0 Å². The molecular weight excluding hydrogens is 174 g/mol. The first-order chi connectivity index (χ1) is 6.49. The molecule has 1 amide bonds. The number of carbonyl (C=O) groups excluding carboxylic acids is 1. The summed E-state index contributed by atoms with van der Waals surface area (Å²) in [6.45, 7) is 6.93. The largest absolute Gasteiger partial charge is 0.351 e. The maximum atomic E-state index is 11.5. The first-order valence-corrected chi connectivity index (χ1v) is 4.74. The van der Waals surface area contributed by atoms with Gasteiger partial charge in [0.25, 0.3) is 5.91 Å². The van der Waals surface area contributed by atoms with Crippen LogP contribution >= 0.6 is 0 Å². The van der Waals surface area contributed by atoms with Gasteiger partial charge in [-0.2, -0.15) is 0 Å². The Hall–Kier alpha value is -1.31. The average molecular weight is 190 g/mol. The lowest BCUT2D eigenvalue weighted by Crippen LogP contribution is -2.32. The first-order valence-electron chi connectivity index (χ1n) is 4.74. The minimum Gasteiger partial charge on any atom is -0.351 e. The van der Waals surface area contributed by atoms with Crippen molar-refractivity contribution in [2.75, 3.05) is 6.54 Å². The predicted octanol–water partition coefficient (Wildman–Crippen LogP) is 2.26. The van der Waals surface area contributed by atoms with Crippen LogP contribution in [0.2, 0.25) is 0 Å². The third-order valence-corrected chi connectivity index (χ3v) is 1.73. The summed E-state index contributed by atoms with van der Waals surface area (Å²) in [5, 5.41) is 2.87. The molecule has 0 atom stereocenters. The molecule has 0 aromatic heterocycles. The van der Waals surface area contributed by atoms with E-state index in [1.807, 2.05) is 12.1 Å². The van der Waals surface area contributed by atoms with E-state index in [0.29, 0.717) is 12.1 Å². The van der Waals surface area contributed by atoms with Crippen molar-refractivity contribution < 1.29 is 4.79 Å². The summed E-state index contributed by atoms with van der Waals surface area (Å²) < 4.78 is 0. The second-order valence-electron chi connectivity index (χ2n) is 4.52. The standard InChI is InChI=1S/C12H16NO/c1-12(2,3)9-13-11(14)10-7-5-4-6-8-10/h4-7H,9H2,1-3H3,(H,13,14). The van der Waals surface area contributed by atoms with Crippen LogP contribution in [-0.2, 0) is 0 Å². The molecule has 0 fully saturated rings. The quantitative estimate of drug-likeness (QED) is 0.761. The molecule has 2 nitrogen and oxygen atoms in total. The molecule has 1 N–H and O–H groups in total. The summed E-state index contributed by atoms with van der Waals surface area (Å²) >= 11 is 0. The van der Waals surface area contributed by atoms with Crippen LogP contribution in [0, 0.1) is 11.5 Å². The van der Waals surface area contributed by atoms with E-state index in [-0.39, 0.29) is 11.3 Å². The topological polar surface area (TPSA) is 29.1 Å². The molecule has 1 radical (unpaired) electrons. The fourth-order valence-corrected chi connectivity index (χ4v) is 0.975. The van der Waals surface area contributed by atoms with Gasteiger partial charge in [-0.05, 0) is 17.5 Å². The zero-order chi connectivity index (χ0) is 10.6. The molecule has 1 rings (SSSR count). The number of rotatable bonds is 2. The molecule has 1 aromatic carbocycles. The molecule has 0 aliphatic rings. The van der Waals surface area contributed by atoms with E-state index in [9.17, 15) is 4.79 Å². The average Bonchev–Trinajstić information content (AvgIpc) is 2.14. The lowest BCUT2D eigenvalue weighted by Gasteiger charge is -2.18. The number of hydrogen-bond donors (Lipinski definition) is 1. The van der Waals surface area contributed by atoms with Gasteiger partial charge in [-0.15, -0.1) is 0 Å². The highest BCUT2D eigenvalue weighted by molar-refractivity contribution is 5.93. The summed E-state index contributed by atoms with van der Waals surface area (Å²) in [4.78, 5) is 11.5. The van der Waals surface area contributed by atoms with E-state index >= 15 is 0 Å². The number of benzene rings is 1. The monoisotopic (exact) mass is 190 g/mol. The molecule has 2 heteroatoms. The van der Waals surface area contributed by atoms with E-state index in [2.05, 4.69) is 32.2 Å². The van der Waals surface area contributed by atoms with Gasteiger partial charge >= 0.3 is 0 Å². The summed E-state index contributed by atoms with van der Waals surface area (Å²) in [7, 11) is 0. The lowest BCUT2D eigenvalue weighted by atomic mass is 9.97. The van der Waals surface area contributed by atoms with Crippen molar-refractivity contribution in [3.63, 3.8) is 0 Å². The van der Waals surface area contributed by atoms with E-state index in [4.69, 9.17) is 0 Å². The van der Waals surface area contributed by atoms with Gasteiger partial charge in [0.2, 0.25) is 0 Å². The zero-order valence-corrected chi connectivity index (χ0v) is 8.92. The Morgan fingerprint density at radius 2 is 2.14 bits per heavy atom. The maximum absolute atomic E-state index is 11.5. The Morgan fingerprint density at radius 3 is 2.64 bits per heavy atom. The molecule has 0 aliphatic heterocycles. The fourth-order valence-electron chi connectivity index (χ4n) is 0.975. The van der Waals surface area contributed by atoms with Crippen LogP contribution in [0.25, 0.3) is 0 Å². The van der Waals surface area contributed by atoms with Gasteiger partial charge in [0.15, 0.2) is 0 Å². The summed E-state index contributed by atoms with van der Waals surface area (Å²) in [5.41, 5.74) is 0.710. The third-order valence-electron chi connectivity index (χ3n) is 1.73. The minimum absolute atomic E-state index is 0.0551. The van der Waals surface area contributed by atoms with Gasteiger partial charge in [-0.3, -0.25) is 4.79 Å². The Kier molecular flexibility index (Phi) is 3.28. The van der Waals surface area contributed by atoms with Gasteiger partial charge in [0.1, 0.15) is 0 Å². The first kappa shape index (κ1) is 10.8. The lowest BCUT2D eigenvalue weighted by molar-refractivity contribution is 0.0939. The highest BCUT2D eigenvalue weighted by Crippen LogP contribution is 2.10. The fraction of sp³-hybridized carbons (Fsp3) is 0.417. The van der Waals surface area contributed by atoms with Crippen molar-refractivity contribution in [3.8, 4) is 0 Å². The van der Waals surface area contributed by atoms with Gasteiger partial charge in [0, 0.05) is 12.1 Å². The smallest absolute Gasteiger partial charge is 0.251 e. The molecule has 0 unspecified atom stereocenters. The Balaban J connectivity index is 2.52. The normalized spacial score (nSPS) is 11.1. The van der Waals surface area contributed by atoms with Crippen molar-refractivity contribution in [2.24, 2.45) is 5.41 Å². The van der Waals surface area contributed by atoms with Gasteiger partial charge in [0.05, 0.1) is 0 Å². The highest BCUT2D eigenvalue weighted by Gasteiger charge is 2.12. The Morgan fingerprint density at radius 1 is 1.43 bits per heavy atom. The van der Waals surface area contributed by atoms with Crippen molar-refractivity contribution >= 4 is 5.91 Å². The number of amides is 1. The SMILES string of the molecule is CC(C)(C)CNC(=O)c1[c]cccc1. The highest BCUT2D eigenvalue weighted by atomic mass is 16.1. The van der Waals surface area contributed by atoms with Crippen molar-refractivity contribution in [1.82, 2.24) is 5.32 Å². The van der Waals surface area contributed by atoms with E-state index < -0.39 is 0 Å². The molecule has 0 aliphatic carbocycles. The van der Waals surface area contributed by atoms with Crippen LogP contribution in [0.5, 0.6) is 0 Å². The molecule has 0 saturated heterocycles. The summed E-state index contributed by atoms with van der Waals surface area (Å²) in [5.74, 6) is -0.0551. The van der Waals surface area contributed by atoms with E-state index in [0.717, 1.165) is 0 Å². The van der Waals surface area contributed by atoms with E-state index in [1.54, 1.807) is 12.1 Å². The maximum Gasteiger partial charge on any atom is 0.251 e. The molecule has 0 bridgehead atoms. The summed E-state index contributed by atoms with van der Waals surface area (Å²) in [6, 6.07) is 10.1. The van der Waals surface area contributed by atoms with Crippen LogP contribution in [0.1, 0.15) is 31.1 Å². The molecule has 0 heterocycles. The van der Waals surface area contributed by atoms with Crippen molar-refractivity contribution in [2.45, 2.75) is 20.8 Å². The van der Waals surface area contributed by atoms with Crippen molar-refractivity contribution in [3.05, 3.63) is 35.9 Å². The van der Waals surface area contributed by atoms with Gasteiger partial charge < -0.3 is 5.32 Å². The van der Waals surface area contributed by atoms with E-state index in [1.165, 1.54) is 0 Å². The molecule has 0 spiro atoms. The predicted molar refractivity (Wildman–Crippen MR) is 57.1 cm³/mol.